The van der Waals surface area contributed by atoms with E-state index in [1.54, 1.807) is 6.07 Å². The molecule has 1 aromatic heterocycles. The Morgan fingerprint density at radius 2 is 1.78 bits per heavy atom. The zero-order chi connectivity index (χ0) is 13.4. The molecular formula is C12H17F3N2S. The van der Waals surface area contributed by atoms with E-state index in [0.717, 1.165) is 25.0 Å². The van der Waals surface area contributed by atoms with Crippen molar-refractivity contribution in [3.8, 4) is 0 Å². The minimum Gasteiger partial charge on any atom is -0.160 e. The lowest BCUT2D eigenvalue weighted by Crippen LogP contribution is -2.02. The van der Waals surface area contributed by atoms with E-state index in [0.29, 0.717) is 0 Å². The molecular weight excluding hydrogens is 261 g/mol. The van der Waals surface area contributed by atoms with E-state index in [1.165, 1.54) is 25.3 Å². The highest BCUT2D eigenvalue weighted by Crippen LogP contribution is 2.35. The standard InChI is InChI=1S/C12H17F3N2S/c1-2-3-4-5-6-7-10-8-9-11(17-16-10)18-12(13,14)15/h8-9H,2-7H2,1H3. The minimum absolute atomic E-state index is 0.0998. The van der Waals surface area contributed by atoms with E-state index in [-0.39, 0.29) is 16.8 Å². The molecule has 0 fully saturated rings. The summed E-state index contributed by atoms with van der Waals surface area (Å²) in [5.41, 5.74) is -3.53. The monoisotopic (exact) mass is 278 g/mol. The maximum absolute atomic E-state index is 12.1. The fourth-order valence-corrected chi connectivity index (χ4v) is 2.02. The zero-order valence-electron chi connectivity index (χ0n) is 10.3. The van der Waals surface area contributed by atoms with Gasteiger partial charge in [-0.25, -0.2) is 0 Å². The Labute approximate surface area is 109 Å². The van der Waals surface area contributed by atoms with Crippen molar-refractivity contribution < 1.29 is 13.2 Å². The fraction of sp³-hybridized carbons (Fsp3) is 0.667. The fourth-order valence-electron chi connectivity index (χ4n) is 1.56. The molecule has 18 heavy (non-hydrogen) atoms. The summed E-state index contributed by atoms with van der Waals surface area (Å²) in [6.07, 6.45) is 6.56. The van der Waals surface area contributed by atoms with Gasteiger partial charge < -0.3 is 0 Å². The molecule has 0 radical (unpaired) electrons. The highest BCUT2D eigenvalue weighted by Gasteiger charge is 2.30. The summed E-state index contributed by atoms with van der Waals surface area (Å²) in [6, 6.07) is 3.01. The number of nitrogens with zero attached hydrogens (tertiary/aromatic N) is 2. The normalized spacial score (nSPS) is 11.8. The van der Waals surface area contributed by atoms with Gasteiger partial charge in [0.1, 0.15) is 5.03 Å². The smallest absolute Gasteiger partial charge is 0.160 e. The molecule has 0 aliphatic carbocycles. The zero-order valence-corrected chi connectivity index (χ0v) is 11.2. The van der Waals surface area contributed by atoms with E-state index in [1.807, 2.05) is 0 Å². The van der Waals surface area contributed by atoms with E-state index in [2.05, 4.69) is 17.1 Å². The van der Waals surface area contributed by atoms with Crippen molar-refractivity contribution in [1.29, 1.82) is 0 Å². The van der Waals surface area contributed by atoms with Crippen LogP contribution >= 0.6 is 11.8 Å². The minimum atomic E-state index is -4.30. The third kappa shape index (κ3) is 6.83. The Morgan fingerprint density at radius 1 is 1.06 bits per heavy atom. The average molecular weight is 278 g/mol. The van der Waals surface area contributed by atoms with Crippen molar-refractivity contribution in [3.63, 3.8) is 0 Å². The molecule has 102 valence electrons. The van der Waals surface area contributed by atoms with Crippen LogP contribution in [-0.4, -0.2) is 15.7 Å². The molecule has 1 aromatic rings. The second-order valence-electron chi connectivity index (χ2n) is 4.07. The molecule has 0 aromatic carbocycles. The second-order valence-corrected chi connectivity index (χ2v) is 5.16. The van der Waals surface area contributed by atoms with Gasteiger partial charge in [0.15, 0.2) is 0 Å². The molecule has 2 nitrogen and oxygen atoms in total. The van der Waals surface area contributed by atoms with Crippen LogP contribution in [0.1, 0.15) is 44.7 Å². The Bertz CT molecular complexity index is 338. The molecule has 0 saturated carbocycles. The van der Waals surface area contributed by atoms with Gasteiger partial charge in [-0.3, -0.25) is 0 Å². The van der Waals surface area contributed by atoms with E-state index < -0.39 is 5.51 Å². The maximum atomic E-state index is 12.1. The van der Waals surface area contributed by atoms with Crippen LogP contribution in [0.5, 0.6) is 0 Å². The predicted molar refractivity (Wildman–Crippen MR) is 66.4 cm³/mol. The summed E-state index contributed by atoms with van der Waals surface area (Å²) in [4.78, 5) is 0. The summed E-state index contributed by atoms with van der Waals surface area (Å²) in [7, 11) is 0. The summed E-state index contributed by atoms with van der Waals surface area (Å²) < 4.78 is 36.2. The first-order chi connectivity index (χ1) is 8.51. The number of unbranched alkanes of at least 4 members (excludes halogenated alkanes) is 4. The van der Waals surface area contributed by atoms with Gasteiger partial charge in [0.25, 0.3) is 0 Å². The first-order valence-electron chi connectivity index (χ1n) is 6.09. The number of hydrogen-bond donors (Lipinski definition) is 0. The largest absolute Gasteiger partial charge is 0.447 e. The predicted octanol–water partition coefficient (Wildman–Crippen LogP) is 4.60. The van der Waals surface area contributed by atoms with Crippen molar-refractivity contribution in [2.45, 2.75) is 56.0 Å². The third-order valence-corrected chi connectivity index (χ3v) is 3.11. The number of hydrogen-bond acceptors (Lipinski definition) is 3. The van der Waals surface area contributed by atoms with Gasteiger partial charge in [-0.2, -0.15) is 18.3 Å². The van der Waals surface area contributed by atoms with Gasteiger partial charge in [-0.1, -0.05) is 32.6 Å². The van der Waals surface area contributed by atoms with Crippen molar-refractivity contribution in [1.82, 2.24) is 10.2 Å². The molecule has 0 unspecified atom stereocenters. The SMILES string of the molecule is CCCCCCCc1ccc(SC(F)(F)F)nn1. The number of aromatic nitrogens is 2. The Morgan fingerprint density at radius 3 is 2.33 bits per heavy atom. The highest BCUT2D eigenvalue weighted by atomic mass is 32.2. The molecule has 1 rings (SSSR count). The van der Waals surface area contributed by atoms with Crippen LogP contribution in [0.25, 0.3) is 0 Å². The average Bonchev–Trinajstić information content (AvgIpc) is 2.29. The molecule has 0 saturated heterocycles. The van der Waals surface area contributed by atoms with Gasteiger partial charge in [-0.15, -0.1) is 5.10 Å². The van der Waals surface area contributed by atoms with Gasteiger partial charge in [0, 0.05) is 11.8 Å². The van der Waals surface area contributed by atoms with Crippen LogP contribution in [0, 0.1) is 0 Å². The lowest BCUT2D eigenvalue weighted by molar-refractivity contribution is -0.0329. The molecule has 0 spiro atoms. The molecule has 0 amide bonds. The van der Waals surface area contributed by atoms with Gasteiger partial charge in [0.05, 0.1) is 5.69 Å². The first kappa shape index (κ1) is 15.3. The summed E-state index contributed by atoms with van der Waals surface area (Å²) in [6.45, 7) is 2.16. The third-order valence-electron chi connectivity index (χ3n) is 2.45. The van der Waals surface area contributed by atoms with Crippen LogP contribution in [-0.2, 0) is 6.42 Å². The highest BCUT2D eigenvalue weighted by molar-refractivity contribution is 8.00. The van der Waals surface area contributed by atoms with E-state index in [4.69, 9.17) is 0 Å². The molecule has 0 aliphatic heterocycles. The van der Waals surface area contributed by atoms with Crippen LogP contribution in [0.15, 0.2) is 17.2 Å². The Balaban J connectivity index is 2.32. The van der Waals surface area contributed by atoms with Crippen molar-refractivity contribution >= 4 is 11.8 Å². The lowest BCUT2D eigenvalue weighted by atomic mass is 10.1. The Hall–Kier alpha value is -0.780. The summed E-state index contributed by atoms with van der Waals surface area (Å²) >= 11 is -0.229. The number of alkyl halides is 3. The molecule has 0 atom stereocenters. The molecule has 0 N–H and O–H groups in total. The van der Waals surface area contributed by atoms with Crippen LogP contribution in [0.3, 0.4) is 0 Å². The first-order valence-corrected chi connectivity index (χ1v) is 6.91. The maximum Gasteiger partial charge on any atom is 0.447 e. The van der Waals surface area contributed by atoms with Crippen molar-refractivity contribution in [3.05, 3.63) is 17.8 Å². The van der Waals surface area contributed by atoms with Crippen LogP contribution in [0.4, 0.5) is 13.2 Å². The van der Waals surface area contributed by atoms with Gasteiger partial charge >= 0.3 is 5.51 Å². The number of thioether (sulfide) groups is 1. The van der Waals surface area contributed by atoms with E-state index >= 15 is 0 Å². The molecule has 0 bridgehead atoms. The number of aryl methyl sites for hydroxylation is 1. The summed E-state index contributed by atoms with van der Waals surface area (Å²) in [5, 5.41) is 7.28. The van der Waals surface area contributed by atoms with E-state index in [9.17, 15) is 13.2 Å². The van der Waals surface area contributed by atoms with Crippen LogP contribution < -0.4 is 0 Å². The molecule has 6 heteroatoms. The Kier molecular flexibility index (Phi) is 6.46. The number of rotatable bonds is 7. The molecule has 0 aliphatic rings. The second kappa shape index (κ2) is 7.61. The summed E-state index contributed by atoms with van der Waals surface area (Å²) in [5.74, 6) is 0. The number of halogens is 3. The van der Waals surface area contributed by atoms with Gasteiger partial charge in [0.2, 0.25) is 0 Å². The van der Waals surface area contributed by atoms with Gasteiger partial charge in [-0.05, 0) is 25.0 Å². The van der Waals surface area contributed by atoms with Crippen molar-refractivity contribution in [2.24, 2.45) is 0 Å². The lowest BCUT2D eigenvalue weighted by Gasteiger charge is -2.04. The topological polar surface area (TPSA) is 25.8 Å². The van der Waals surface area contributed by atoms with Crippen LogP contribution in [0.2, 0.25) is 0 Å². The molecule has 1 heterocycles. The quantitative estimate of drug-likeness (QED) is 0.538. The van der Waals surface area contributed by atoms with Crippen molar-refractivity contribution in [2.75, 3.05) is 0 Å².